The molecule has 0 saturated carbocycles. The Hall–Kier alpha value is -1.32. The Bertz CT molecular complexity index is 612. The van der Waals surface area contributed by atoms with E-state index in [9.17, 15) is 0 Å². The minimum atomic E-state index is 0.457. The Balaban J connectivity index is 1.90. The van der Waals surface area contributed by atoms with Gasteiger partial charge in [-0.15, -0.1) is 0 Å². The molecule has 110 valence electrons. The highest BCUT2D eigenvalue weighted by atomic mass is 79.9. The fourth-order valence-electron chi connectivity index (χ4n) is 3.04. The lowest BCUT2D eigenvalue weighted by molar-refractivity contribution is 0.352. The van der Waals surface area contributed by atoms with E-state index in [2.05, 4.69) is 63.7 Å². The maximum atomic E-state index is 5.86. The number of hydrogen-bond acceptors (Lipinski definition) is 2. The lowest BCUT2D eigenvalue weighted by Gasteiger charge is -2.19. The van der Waals surface area contributed by atoms with Crippen molar-refractivity contribution >= 4 is 15.9 Å². The van der Waals surface area contributed by atoms with Gasteiger partial charge in [-0.2, -0.15) is 0 Å². The molecule has 0 amide bonds. The normalized spacial score (nSPS) is 14.6. The average molecular weight is 346 g/mol. The standard InChI is InChI=1S/C18H20BrNO/c1-20-12-16(13-5-3-2-4-6-13)9-15-11-17(19)10-14-7-8-21-18(14)15/h2-6,10-11,16,20H,7-9,12H2,1H3. The molecule has 1 atom stereocenters. The van der Waals surface area contributed by atoms with Crippen LogP contribution in [0.5, 0.6) is 5.75 Å². The van der Waals surface area contributed by atoms with Gasteiger partial charge in [0.1, 0.15) is 5.75 Å². The number of fused-ring (bicyclic) bond motifs is 1. The van der Waals surface area contributed by atoms with Crippen molar-refractivity contribution in [3.8, 4) is 5.75 Å². The zero-order valence-electron chi connectivity index (χ0n) is 12.2. The van der Waals surface area contributed by atoms with Crippen molar-refractivity contribution in [2.24, 2.45) is 0 Å². The molecule has 1 aliphatic rings. The molecule has 0 radical (unpaired) electrons. The van der Waals surface area contributed by atoms with Crippen molar-refractivity contribution in [3.05, 3.63) is 63.6 Å². The largest absolute Gasteiger partial charge is 0.493 e. The van der Waals surface area contributed by atoms with E-state index < -0.39 is 0 Å². The molecule has 0 spiro atoms. The van der Waals surface area contributed by atoms with E-state index in [1.807, 2.05) is 7.05 Å². The second-order valence-electron chi connectivity index (χ2n) is 5.52. The first-order chi connectivity index (χ1) is 10.3. The molecular weight excluding hydrogens is 326 g/mol. The van der Waals surface area contributed by atoms with Crippen LogP contribution >= 0.6 is 15.9 Å². The van der Waals surface area contributed by atoms with Gasteiger partial charge >= 0.3 is 0 Å². The summed E-state index contributed by atoms with van der Waals surface area (Å²) in [4.78, 5) is 0. The quantitative estimate of drug-likeness (QED) is 0.886. The average Bonchev–Trinajstić information content (AvgIpc) is 2.96. The van der Waals surface area contributed by atoms with Crippen molar-refractivity contribution in [3.63, 3.8) is 0 Å². The highest BCUT2D eigenvalue weighted by molar-refractivity contribution is 9.10. The molecular formula is C18H20BrNO. The van der Waals surface area contributed by atoms with Crippen LogP contribution < -0.4 is 10.1 Å². The molecule has 0 fully saturated rings. The lowest BCUT2D eigenvalue weighted by atomic mass is 9.91. The maximum Gasteiger partial charge on any atom is 0.125 e. The SMILES string of the molecule is CNCC(Cc1cc(Br)cc2c1OCC2)c1ccccc1. The summed E-state index contributed by atoms with van der Waals surface area (Å²) >= 11 is 3.63. The van der Waals surface area contributed by atoms with E-state index in [4.69, 9.17) is 4.74 Å². The second kappa shape index (κ2) is 6.63. The lowest BCUT2D eigenvalue weighted by Crippen LogP contribution is -2.19. The smallest absolute Gasteiger partial charge is 0.125 e. The molecule has 1 N–H and O–H groups in total. The predicted octanol–water partition coefficient (Wildman–Crippen LogP) is 3.93. The molecule has 2 aromatic carbocycles. The van der Waals surface area contributed by atoms with Gasteiger partial charge in [0.2, 0.25) is 0 Å². The summed E-state index contributed by atoms with van der Waals surface area (Å²) in [5.74, 6) is 1.56. The third kappa shape index (κ3) is 3.30. The molecule has 2 aromatic rings. The van der Waals surface area contributed by atoms with Crippen molar-refractivity contribution in [2.75, 3.05) is 20.2 Å². The summed E-state index contributed by atoms with van der Waals surface area (Å²) in [7, 11) is 2.01. The summed E-state index contributed by atoms with van der Waals surface area (Å²) in [5.41, 5.74) is 4.01. The van der Waals surface area contributed by atoms with Crippen molar-refractivity contribution in [1.82, 2.24) is 5.32 Å². The number of likely N-dealkylation sites (N-methyl/N-ethyl adjacent to an activating group) is 1. The summed E-state index contributed by atoms with van der Waals surface area (Å²) in [6.45, 7) is 1.77. The summed E-state index contributed by atoms with van der Waals surface area (Å²) in [6.07, 6.45) is 2.01. The third-order valence-electron chi connectivity index (χ3n) is 4.01. The van der Waals surface area contributed by atoms with E-state index in [1.165, 1.54) is 16.7 Å². The Kier molecular flexibility index (Phi) is 4.61. The van der Waals surface area contributed by atoms with Gasteiger partial charge < -0.3 is 10.1 Å². The Morgan fingerprint density at radius 1 is 1.24 bits per heavy atom. The zero-order chi connectivity index (χ0) is 14.7. The molecule has 0 aromatic heterocycles. The first-order valence-electron chi connectivity index (χ1n) is 7.41. The van der Waals surface area contributed by atoms with E-state index in [0.717, 1.165) is 36.2 Å². The minimum absolute atomic E-state index is 0.457. The van der Waals surface area contributed by atoms with Gasteiger partial charge in [-0.3, -0.25) is 0 Å². The fraction of sp³-hybridized carbons (Fsp3) is 0.333. The highest BCUT2D eigenvalue weighted by Crippen LogP contribution is 2.35. The molecule has 0 saturated heterocycles. The second-order valence-corrected chi connectivity index (χ2v) is 6.44. The van der Waals surface area contributed by atoms with Crippen LogP contribution in [-0.4, -0.2) is 20.2 Å². The van der Waals surface area contributed by atoms with E-state index in [0.29, 0.717) is 5.92 Å². The molecule has 1 aliphatic heterocycles. The first kappa shape index (κ1) is 14.6. The highest BCUT2D eigenvalue weighted by Gasteiger charge is 2.20. The molecule has 0 bridgehead atoms. The van der Waals surface area contributed by atoms with Gasteiger partial charge in [-0.1, -0.05) is 46.3 Å². The first-order valence-corrected chi connectivity index (χ1v) is 8.21. The zero-order valence-corrected chi connectivity index (χ0v) is 13.8. The van der Waals surface area contributed by atoms with E-state index in [-0.39, 0.29) is 0 Å². The van der Waals surface area contributed by atoms with Gasteiger partial charge in [0.15, 0.2) is 0 Å². The Labute approximate surface area is 134 Å². The molecule has 3 heteroatoms. The van der Waals surface area contributed by atoms with Crippen LogP contribution in [-0.2, 0) is 12.8 Å². The number of rotatable bonds is 5. The molecule has 2 nitrogen and oxygen atoms in total. The van der Waals surface area contributed by atoms with Crippen molar-refractivity contribution < 1.29 is 4.74 Å². The van der Waals surface area contributed by atoms with Crippen LogP contribution in [0.25, 0.3) is 0 Å². The van der Waals surface area contributed by atoms with Crippen molar-refractivity contribution in [2.45, 2.75) is 18.8 Å². The molecule has 21 heavy (non-hydrogen) atoms. The fourth-order valence-corrected chi connectivity index (χ4v) is 3.60. The Morgan fingerprint density at radius 3 is 2.81 bits per heavy atom. The third-order valence-corrected chi connectivity index (χ3v) is 4.47. The number of benzene rings is 2. The summed E-state index contributed by atoms with van der Waals surface area (Å²) in [6, 6.07) is 15.1. The molecule has 1 unspecified atom stereocenters. The topological polar surface area (TPSA) is 21.3 Å². The van der Waals surface area contributed by atoms with E-state index >= 15 is 0 Å². The van der Waals surface area contributed by atoms with Crippen LogP contribution in [0.4, 0.5) is 0 Å². The van der Waals surface area contributed by atoms with Crippen LogP contribution in [0, 0.1) is 0 Å². The van der Waals surface area contributed by atoms with Gasteiger partial charge in [-0.05, 0) is 42.3 Å². The minimum Gasteiger partial charge on any atom is -0.493 e. The molecule has 1 heterocycles. The van der Waals surface area contributed by atoms with Crippen LogP contribution in [0.2, 0.25) is 0 Å². The monoisotopic (exact) mass is 345 g/mol. The summed E-state index contributed by atoms with van der Waals surface area (Å²) in [5, 5.41) is 3.32. The van der Waals surface area contributed by atoms with Gasteiger partial charge in [-0.25, -0.2) is 0 Å². The molecule has 3 rings (SSSR count). The van der Waals surface area contributed by atoms with Gasteiger partial charge in [0, 0.05) is 23.4 Å². The van der Waals surface area contributed by atoms with Crippen molar-refractivity contribution in [1.29, 1.82) is 0 Å². The number of halogens is 1. The predicted molar refractivity (Wildman–Crippen MR) is 90.2 cm³/mol. The maximum absolute atomic E-state index is 5.86. The van der Waals surface area contributed by atoms with Crippen LogP contribution in [0.3, 0.4) is 0 Å². The van der Waals surface area contributed by atoms with Crippen LogP contribution in [0.15, 0.2) is 46.9 Å². The van der Waals surface area contributed by atoms with Gasteiger partial charge in [0.05, 0.1) is 6.61 Å². The van der Waals surface area contributed by atoms with Crippen LogP contribution in [0.1, 0.15) is 22.6 Å². The number of nitrogens with one attached hydrogen (secondary N) is 1. The summed E-state index contributed by atoms with van der Waals surface area (Å²) < 4.78 is 7.01. The Morgan fingerprint density at radius 2 is 2.05 bits per heavy atom. The van der Waals surface area contributed by atoms with E-state index in [1.54, 1.807) is 0 Å². The number of ether oxygens (including phenoxy) is 1. The molecule has 0 aliphatic carbocycles. The van der Waals surface area contributed by atoms with Gasteiger partial charge in [0.25, 0.3) is 0 Å². The number of hydrogen-bond donors (Lipinski definition) is 1.